The van der Waals surface area contributed by atoms with Crippen LogP contribution in [-0.2, 0) is 12.4 Å². The van der Waals surface area contributed by atoms with Crippen molar-refractivity contribution >= 4 is 22.6 Å². The van der Waals surface area contributed by atoms with Gasteiger partial charge in [0.25, 0.3) is 0 Å². The molecule has 0 radical (unpaired) electrons. The fraction of sp³-hybridized carbons (Fsp3) is 0.250. The predicted octanol–water partition coefficient (Wildman–Crippen LogP) is 3.84. The highest BCUT2D eigenvalue weighted by Crippen LogP contribution is 2.21. The zero-order chi connectivity index (χ0) is 14.1. The first-order valence-corrected chi connectivity index (χ1v) is 7.13. The fourth-order valence-electron chi connectivity index (χ4n) is 2.40. The molecule has 3 nitrogen and oxygen atoms in total. The number of imidazole rings is 1. The van der Waals surface area contributed by atoms with E-state index in [9.17, 15) is 0 Å². The summed E-state index contributed by atoms with van der Waals surface area (Å²) >= 11 is 6.05. The maximum Gasteiger partial charge on any atom is 0.125 e. The van der Waals surface area contributed by atoms with Crippen LogP contribution in [0.25, 0.3) is 11.0 Å². The number of pyridine rings is 1. The van der Waals surface area contributed by atoms with Crippen molar-refractivity contribution in [3.63, 3.8) is 0 Å². The van der Waals surface area contributed by atoms with E-state index in [-0.39, 0.29) is 0 Å². The summed E-state index contributed by atoms with van der Waals surface area (Å²) in [4.78, 5) is 8.84. The summed E-state index contributed by atoms with van der Waals surface area (Å²) in [7, 11) is 0. The van der Waals surface area contributed by atoms with Crippen molar-refractivity contribution in [2.45, 2.75) is 26.3 Å². The van der Waals surface area contributed by atoms with E-state index in [0.717, 1.165) is 23.4 Å². The van der Waals surface area contributed by atoms with E-state index in [1.165, 1.54) is 16.7 Å². The molecule has 0 saturated carbocycles. The van der Waals surface area contributed by atoms with Gasteiger partial charge in [-0.3, -0.25) is 4.98 Å². The number of alkyl halides is 1. The number of aryl methyl sites for hydroxylation is 2. The minimum Gasteiger partial charge on any atom is -0.322 e. The van der Waals surface area contributed by atoms with Gasteiger partial charge in [0.2, 0.25) is 0 Å². The minimum atomic E-state index is 0.410. The molecule has 0 spiro atoms. The molecule has 102 valence electrons. The van der Waals surface area contributed by atoms with Crippen LogP contribution in [-0.4, -0.2) is 14.5 Å². The molecule has 0 fully saturated rings. The van der Waals surface area contributed by atoms with Crippen LogP contribution in [0.5, 0.6) is 0 Å². The van der Waals surface area contributed by atoms with E-state index in [1.54, 1.807) is 0 Å². The topological polar surface area (TPSA) is 30.7 Å². The third kappa shape index (κ3) is 2.29. The molecule has 3 rings (SSSR count). The van der Waals surface area contributed by atoms with E-state index >= 15 is 0 Å². The van der Waals surface area contributed by atoms with Gasteiger partial charge in [0.15, 0.2) is 0 Å². The molecule has 2 aromatic heterocycles. The van der Waals surface area contributed by atoms with Crippen LogP contribution in [0.1, 0.15) is 22.5 Å². The summed E-state index contributed by atoms with van der Waals surface area (Å²) < 4.78 is 2.17. The summed E-state index contributed by atoms with van der Waals surface area (Å²) in [6, 6.07) is 8.34. The monoisotopic (exact) mass is 285 g/mol. The number of hydrogen-bond donors (Lipinski definition) is 0. The van der Waals surface area contributed by atoms with E-state index in [4.69, 9.17) is 11.6 Å². The van der Waals surface area contributed by atoms with E-state index in [1.807, 2.05) is 18.5 Å². The lowest BCUT2D eigenvalue weighted by atomic mass is 10.1. The van der Waals surface area contributed by atoms with Crippen LogP contribution >= 0.6 is 11.6 Å². The van der Waals surface area contributed by atoms with Gasteiger partial charge in [0.05, 0.1) is 23.5 Å². The van der Waals surface area contributed by atoms with E-state index in [0.29, 0.717) is 5.88 Å². The normalized spacial score (nSPS) is 11.2. The van der Waals surface area contributed by atoms with Crippen molar-refractivity contribution in [1.29, 1.82) is 0 Å². The molecule has 1 aromatic carbocycles. The Bertz CT molecular complexity index is 762. The van der Waals surface area contributed by atoms with Crippen LogP contribution in [0.15, 0.2) is 36.7 Å². The molecule has 0 N–H and O–H groups in total. The second-order valence-corrected chi connectivity index (χ2v) is 5.31. The van der Waals surface area contributed by atoms with Crippen molar-refractivity contribution in [2.75, 3.05) is 0 Å². The van der Waals surface area contributed by atoms with Crippen LogP contribution in [0.4, 0.5) is 0 Å². The molecule has 0 amide bonds. The first kappa shape index (κ1) is 13.1. The molecule has 0 aliphatic heterocycles. The van der Waals surface area contributed by atoms with E-state index in [2.05, 4.69) is 46.6 Å². The van der Waals surface area contributed by atoms with Gasteiger partial charge in [-0.2, -0.15) is 0 Å². The molecule has 0 aliphatic carbocycles. The molecule has 3 aromatic rings. The molecular weight excluding hydrogens is 270 g/mol. The first-order valence-electron chi connectivity index (χ1n) is 6.60. The van der Waals surface area contributed by atoms with Gasteiger partial charge in [0.1, 0.15) is 5.82 Å². The summed E-state index contributed by atoms with van der Waals surface area (Å²) in [5, 5.41) is 0. The van der Waals surface area contributed by atoms with Gasteiger partial charge in [0, 0.05) is 12.4 Å². The Balaban J connectivity index is 2.12. The highest BCUT2D eigenvalue weighted by molar-refractivity contribution is 6.16. The molecule has 0 aliphatic rings. The molecule has 0 bridgehead atoms. The standard InChI is InChI=1S/C16H16ClN3/c1-11-3-4-15-14(7-11)19-16(8-17)20(15)10-13-9-18-6-5-12(13)2/h3-7,9H,8,10H2,1-2H3. The lowest BCUT2D eigenvalue weighted by molar-refractivity contribution is 0.771. The number of aromatic nitrogens is 3. The second kappa shape index (κ2) is 5.25. The van der Waals surface area contributed by atoms with Crippen LogP contribution in [0.2, 0.25) is 0 Å². The van der Waals surface area contributed by atoms with Crippen LogP contribution in [0.3, 0.4) is 0 Å². The number of nitrogens with zero attached hydrogens (tertiary/aromatic N) is 3. The Morgan fingerprint density at radius 1 is 1.20 bits per heavy atom. The average Bonchev–Trinajstić information content (AvgIpc) is 2.78. The molecule has 20 heavy (non-hydrogen) atoms. The number of rotatable bonds is 3. The highest BCUT2D eigenvalue weighted by Gasteiger charge is 2.11. The average molecular weight is 286 g/mol. The lowest BCUT2D eigenvalue weighted by Crippen LogP contribution is -2.05. The quantitative estimate of drug-likeness (QED) is 0.685. The second-order valence-electron chi connectivity index (χ2n) is 5.04. The van der Waals surface area contributed by atoms with Crippen LogP contribution < -0.4 is 0 Å². The van der Waals surface area contributed by atoms with Gasteiger partial charge in [-0.1, -0.05) is 6.07 Å². The van der Waals surface area contributed by atoms with Gasteiger partial charge in [-0.15, -0.1) is 11.6 Å². The third-order valence-corrected chi connectivity index (χ3v) is 3.82. The number of fused-ring (bicyclic) bond motifs is 1. The Labute approximate surface area is 123 Å². The molecule has 0 atom stereocenters. The molecular formula is C16H16ClN3. The van der Waals surface area contributed by atoms with Crippen molar-refractivity contribution in [3.05, 3.63) is 59.2 Å². The van der Waals surface area contributed by atoms with Gasteiger partial charge >= 0.3 is 0 Å². The van der Waals surface area contributed by atoms with Gasteiger partial charge in [-0.25, -0.2) is 4.98 Å². The number of halogens is 1. The van der Waals surface area contributed by atoms with Crippen molar-refractivity contribution in [3.8, 4) is 0 Å². The van der Waals surface area contributed by atoms with Crippen molar-refractivity contribution in [1.82, 2.24) is 14.5 Å². The SMILES string of the molecule is Cc1ccc2c(c1)nc(CCl)n2Cc1cnccc1C. The Kier molecular flexibility index (Phi) is 3.45. The predicted molar refractivity (Wildman–Crippen MR) is 82.1 cm³/mol. The van der Waals surface area contributed by atoms with Gasteiger partial charge in [-0.05, 0) is 48.7 Å². The maximum absolute atomic E-state index is 6.05. The molecule has 0 unspecified atom stereocenters. The van der Waals surface area contributed by atoms with E-state index < -0.39 is 0 Å². The maximum atomic E-state index is 6.05. The molecule has 4 heteroatoms. The lowest BCUT2D eigenvalue weighted by Gasteiger charge is -2.10. The number of hydrogen-bond acceptors (Lipinski definition) is 2. The summed E-state index contributed by atoms with van der Waals surface area (Å²) in [6.45, 7) is 4.92. The van der Waals surface area contributed by atoms with Crippen LogP contribution in [0, 0.1) is 13.8 Å². The Hall–Kier alpha value is -1.87. The largest absolute Gasteiger partial charge is 0.322 e. The summed E-state index contributed by atoms with van der Waals surface area (Å²) in [6.07, 6.45) is 3.73. The molecule has 2 heterocycles. The summed E-state index contributed by atoms with van der Waals surface area (Å²) in [5.41, 5.74) is 5.76. The molecule has 0 saturated heterocycles. The zero-order valence-electron chi connectivity index (χ0n) is 11.6. The smallest absolute Gasteiger partial charge is 0.125 e. The minimum absolute atomic E-state index is 0.410. The summed E-state index contributed by atoms with van der Waals surface area (Å²) in [5.74, 6) is 1.31. The van der Waals surface area contributed by atoms with Crippen molar-refractivity contribution in [2.24, 2.45) is 0 Å². The fourth-order valence-corrected chi connectivity index (χ4v) is 2.60. The van der Waals surface area contributed by atoms with Gasteiger partial charge < -0.3 is 4.57 Å². The Morgan fingerprint density at radius 3 is 2.80 bits per heavy atom. The highest BCUT2D eigenvalue weighted by atomic mass is 35.5. The number of benzene rings is 1. The zero-order valence-corrected chi connectivity index (χ0v) is 12.4. The Morgan fingerprint density at radius 2 is 2.05 bits per heavy atom. The first-order chi connectivity index (χ1) is 9.69. The van der Waals surface area contributed by atoms with Crippen molar-refractivity contribution < 1.29 is 0 Å². The third-order valence-electron chi connectivity index (χ3n) is 3.58.